The molecule has 1 aromatic heterocycles. The van der Waals surface area contributed by atoms with Crippen molar-refractivity contribution >= 4 is 12.2 Å². The second kappa shape index (κ2) is 15.8. The molecule has 0 aliphatic carbocycles. The first-order valence-corrected chi connectivity index (χ1v) is 17.7. The minimum absolute atomic E-state index is 0.274. The van der Waals surface area contributed by atoms with Crippen molar-refractivity contribution in [1.29, 1.82) is 0 Å². The van der Waals surface area contributed by atoms with E-state index < -0.39 is 11.1 Å². The Kier molecular flexibility index (Phi) is 10.4. The Balaban J connectivity index is 1.45. The van der Waals surface area contributed by atoms with Crippen molar-refractivity contribution < 1.29 is 4.79 Å². The molecule has 0 saturated carbocycles. The van der Waals surface area contributed by atoms with Gasteiger partial charge in [0.2, 0.25) is 6.41 Å². The van der Waals surface area contributed by atoms with E-state index in [4.69, 9.17) is 5.10 Å². The van der Waals surface area contributed by atoms with Crippen molar-refractivity contribution in [1.82, 2.24) is 20.4 Å². The Morgan fingerprint density at radius 2 is 0.904 bits per heavy atom. The number of aryl methyl sites for hydroxylation is 1. The molecule has 0 aliphatic heterocycles. The Hall–Kier alpha value is -6.24. The molecule has 52 heavy (non-hydrogen) atoms. The summed E-state index contributed by atoms with van der Waals surface area (Å²) in [6, 6.07) is 63.3. The zero-order valence-electron chi connectivity index (χ0n) is 29.3. The molecule has 258 valence electrons. The molecule has 0 fully saturated rings. The van der Waals surface area contributed by atoms with Gasteiger partial charge in [-0.2, -0.15) is 5.10 Å². The van der Waals surface area contributed by atoms with E-state index in [1.165, 1.54) is 0 Å². The number of carbonyl (C=O) groups excluding carboxylic acids is 1. The van der Waals surface area contributed by atoms with Crippen molar-refractivity contribution in [2.45, 2.75) is 23.5 Å². The Bertz CT molecular complexity index is 1950. The van der Waals surface area contributed by atoms with Crippen molar-refractivity contribution in [3.05, 3.63) is 227 Å². The van der Waals surface area contributed by atoms with Crippen molar-refractivity contribution in [2.75, 3.05) is 11.9 Å². The van der Waals surface area contributed by atoms with Gasteiger partial charge < -0.3 is 10.6 Å². The molecule has 7 aromatic rings. The Labute approximate surface area is 306 Å². The number of rotatable bonds is 15. The summed E-state index contributed by atoms with van der Waals surface area (Å²) in [6.07, 6.45) is 3.32. The normalized spacial score (nSPS) is 12.2. The van der Waals surface area contributed by atoms with Gasteiger partial charge in [0.25, 0.3) is 0 Å². The molecule has 1 atom stereocenters. The fourth-order valence-electron chi connectivity index (χ4n) is 7.49. The summed E-state index contributed by atoms with van der Waals surface area (Å²) in [4.78, 5) is 11.6. The molecule has 6 nitrogen and oxygen atoms in total. The highest BCUT2D eigenvalue weighted by Gasteiger charge is 2.41. The predicted octanol–water partition coefficient (Wildman–Crippen LogP) is 8.58. The predicted molar refractivity (Wildman–Crippen MR) is 210 cm³/mol. The van der Waals surface area contributed by atoms with Gasteiger partial charge in [0.05, 0.1) is 11.7 Å². The molecule has 0 aliphatic rings. The quantitative estimate of drug-likeness (QED) is 0.0576. The first-order chi connectivity index (χ1) is 25.7. The number of aromatic nitrogens is 2. The number of anilines is 1. The summed E-state index contributed by atoms with van der Waals surface area (Å²) in [5.41, 5.74) is 6.06. The van der Waals surface area contributed by atoms with E-state index in [1.807, 2.05) is 17.9 Å². The van der Waals surface area contributed by atoms with Crippen LogP contribution in [0.1, 0.15) is 51.4 Å². The second-order valence-corrected chi connectivity index (χ2v) is 13.0. The first-order valence-electron chi connectivity index (χ1n) is 17.7. The molecule has 0 saturated heterocycles. The lowest BCUT2D eigenvalue weighted by atomic mass is 9.75. The minimum Gasteiger partial charge on any atom is -0.359 e. The molecule has 3 N–H and O–H groups in total. The Morgan fingerprint density at radius 3 is 1.25 bits per heavy atom. The number of nitrogens with one attached hydrogen (secondary N) is 3. The SMILES string of the molecule is Cn1ncc(C(CCNC=O)NC(c2ccccc2)(c2ccccc2)c2ccccc2)c1NC(c1ccccc1)(c1ccccc1)c1ccccc1. The van der Waals surface area contributed by atoms with E-state index in [-0.39, 0.29) is 6.04 Å². The standard InChI is InChI=1S/C46H43N5O/c1-51-44(50-46(39-26-14-5-15-27-39,40-28-16-6-17-29-40)41-30-18-7-19-31-41)42(34-48-51)43(32-33-47-35-52)49-45(36-20-8-2-9-21-36,37-22-10-3-11-23-37)38-24-12-4-13-25-38/h2-31,34-35,43,49-50H,32-33H2,1H3,(H,47,52). The zero-order chi connectivity index (χ0) is 35.6. The van der Waals surface area contributed by atoms with Crippen LogP contribution in [-0.2, 0) is 22.9 Å². The maximum atomic E-state index is 11.6. The molecule has 0 spiro atoms. The van der Waals surface area contributed by atoms with Gasteiger partial charge >= 0.3 is 0 Å². The third-order valence-corrected chi connectivity index (χ3v) is 9.94. The summed E-state index contributed by atoms with van der Waals surface area (Å²) in [5, 5.41) is 16.1. The molecule has 7 rings (SSSR count). The van der Waals surface area contributed by atoms with Crippen LogP contribution in [0, 0.1) is 0 Å². The fourth-order valence-corrected chi connectivity index (χ4v) is 7.49. The van der Waals surface area contributed by atoms with Crippen LogP contribution >= 0.6 is 0 Å². The third kappa shape index (κ3) is 6.64. The van der Waals surface area contributed by atoms with Crippen LogP contribution in [0.25, 0.3) is 0 Å². The van der Waals surface area contributed by atoms with Gasteiger partial charge in [-0.05, 0) is 39.8 Å². The van der Waals surface area contributed by atoms with Crippen LogP contribution < -0.4 is 16.0 Å². The molecule has 1 amide bonds. The summed E-state index contributed by atoms with van der Waals surface area (Å²) >= 11 is 0. The van der Waals surface area contributed by atoms with Gasteiger partial charge in [-0.25, -0.2) is 0 Å². The lowest BCUT2D eigenvalue weighted by Gasteiger charge is -2.41. The van der Waals surface area contributed by atoms with Crippen LogP contribution in [0.15, 0.2) is 188 Å². The van der Waals surface area contributed by atoms with Gasteiger partial charge in [-0.3, -0.25) is 14.8 Å². The minimum atomic E-state index is -0.771. The lowest BCUT2D eigenvalue weighted by molar-refractivity contribution is -0.109. The third-order valence-electron chi connectivity index (χ3n) is 9.94. The number of benzene rings is 6. The van der Waals surface area contributed by atoms with E-state index >= 15 is 0 Å². The second-order valence-electron chi connectivity index (χ2n) is 13.0. The number of hydrogen-bond acceptors (Lipinski definition) is 4. The highest BCUT2D eigenvalue weighted by Crippen LogP contribution is 2.44. The van der Waals surface area contributed by atoms with Crippen molar-refractivity contribution in [3.8, 4) is 0 Å². The largest absolute Gasteiger partial charge is 0.359 e. The van der Waals surface area contributed by atoms with Gasteiger partial charge in [0, 0.05) is 25.2 Å². The van der Waals surface area contributed by atoms with E-state index in [0.29, 0.717) is 13.0 Å². The summed E-state index contributed by atoms with van der Waals surface area (Å²) in [5.74, 6) is 0.864. The van der Waals surface area contributed by atoms with Crippen molar-refractivity contribution in [3.63, 3.8) is 0 Å². The van der Waals surface area contributed by atoms with Gasteiger partial charge in [-0.15, -0.1) is 0 Å². The molecular formula is C46H43N5O. The summed E-state index contributed by atoms with van der Waals surface area (Å²) in [7, 11) is 1.98. The number of amides is 1. The van der Waals surface area contributed by atoms with E-state index in [0.717, 1.165) is 51.2 Å². The van der Waals surface area contributed by atoms with Gasteiger partial charge in [0.15, 0.2) is 0 Å². The maximum absolute atomic E-state index is 11.6. The van der Waals surface area contributed by atoms with Crippen LogP contribution in [0.2, 0.25) is 0 Å². The monoisotopic (exact) mass is 681 g/mol. The van der Waals surface area contributed by atoms with Crippen LogP contribution in [-0.4, -0.2) is 22.7 Å². The average Bonchev–Trinajstić information content (AvgIpc) is 3.59. The van der Waals surface area contributed by atoms with Gasteiger partial charge in [-0.1, -0.05) is 182 Å². The fraction of sp³-hybridized carbons (Fsp3) is 0.130. The van der Waals surface area contributed by atoms with Gasteiger partial charge in [0.1, 0.15) is 11.4 Å². The smallest absolute Gasteiger partial charge is 0.207 e. The Morgan fingerprint density at radius 1 is 0.558 bits per heavy atom. The molecule has 1 heterocycles. The molecule has 6 heteroatoms. The molecule has 1 unspecified atom stereocenters. The number of hydrogen-bond donors (Lipinski definition) is 3. The molecule has 0 bridgehead atoms. The first kappa shape index (κ1) is 34.2. The molecule has 0 radical (unpaired) electrons. The topological polar surface area (TPSA) is 71.0 Å². The highest BCUT2D eigenvalue weighted by atomic mass is 16.1. The highest BCUT2D eigenvalue weighted by molar-refractivity contribution is 5.61. The van der Waals surface area contributed by atoms with Crippen LogP contribution in [0.5, 0.6) is 0 Å². The zero-order valence-corrected chi connectivity index (χ0v) is 29.3. The van der Waals surface area contributed by atoms with E-state index in [1.54, 1.807) is 0 Å². The summed E-state index contributed by atoms with van der Waals surface area (Å²) in [6.45, 7) is 0.463. The van der Waals surface area contributed by atoms with Crippen molar-refractivity contribution in [2.24, 2.45) is 7.05 Å². The number of carbonyl (C=O) groups is 1. The molecular weight excluding hydrogens is 639 g/mol. The van der Waals surface area contributed by atoms with Crippen LogP contribution in [0.3, 0.4) is 0 Å². The van der Waals surface area contributed by atoms with Crippen LogP contribution in [0.4, 0.5) is 5.82 Å². The summed E-state index contributed by atoms with van der Waals surface area (Å²) < 4.78 is 1.93. The average molecular weight is 682 g/mol. The van der Waals surface area contributed by atoms with E-state index in [2.05, 4.69) is 198 Å². The number of nitrogens with zero attached hydrogens (tertiary/aromatic N) is 2. The maximum Gasteiger partial charge on any atom is 0.207 e. The molecule has 6 aromatic carbocycles. The van der Waals surface area contributed by atoms with E-state index in [9.17, 15) is 4.79 Å². The lowest BCUT2D eigenvalue weighted by Crippen LogP contribution is -2.47.